The van der Waals surface area contributed by atoms with Gasteiger partial charge in [0.2, 0.25) is 0 Å². The van der Waals surface area contributed by atoms with Gasteiger partial charge in [0.05, 0.1) is 19.0 Å². The molecular weight excluding hydrogens is 340 g/mol. The standard InChI is InChI=1S/C18H26N2O4S/c21-25(22)9-5-16(12-24-11-15-2-1-6-19-10-15)18(25)13-20(14-18)17-3-7-23-8-4-17/h1-2,6,10,16-17H,3-5,7-9,11-14H2. The quantitative estimate of drug-likeness (QED) is 0.782. The summed E-state index contributed by atoms with van der Waals surface area (Å²) in [6.07, 6.45) is 6.27. The zero-order valence-electron chi connectivity index (χ0n) is 14.5. The largest absolute Gasteiger partial charge is 0.381 e. The zero-order valence-corrected chi connectivity index (χ0v) is 15.3. The van der Waals surface area contributed by atoms with Crippen LogP contribution in [0.1, 0.15) is 24.8 Å². The molecule has 25 heavy (non-hydrogen) atoms. The second-order valence-corrected chi connectivity index (χ2v) is 9.94. The Morgan fingerprint density at radius 1 is 1.28 bits per heavy atom. The first-order valence-electron chi connectivity index (χ1n) is 9.11. The molecule has 6 nitrogen and oxygen atoms in total. The molecule has 0 N–H and O–H groups in total. The minimum Gasteiger partial charge on any atom is -0.381 e. The molecule has 3 fully saturated rings. The molecule has 0 aromatic carbocycles. The number of likely N-dealkylation sites (tertiary alicyclic amines) is 1. The highest BCUT2D eigenvalue weighted by Crippen LogP contribution is 2.46. The van der Waals surface area contributed by atoms with Crippen LogP contribution in [0.5, 0.6) is 0 Å². The third-order valence-electron chi connectivity index (χ3n) is 6.06. The van der Waals surface area contributed by atoms with Gasteiger partial charge in [-0.15, -0.1) is 0 Å². The van der Waals surface area contributed by atoms with Crippen molar-refractivity contribution in [3.05, 3.63) is 30.1 Å². The van der Waals surface area contributed by atoms with Crippen LogP contribution >= 0.6 is 0 Å². The predicted octanol–water partition coefficient (Wildman–Crippen LogP) is 1.27. The Bertz CT molecular complexity index is 682. The van der Waals surface area contributed by atoms with Crippen molar-refractivity contribution in [3.63, 3.8) is 0 Å². The second kappa shape index (κ2) is 6.95. The fourth-order valence-corrected chi connectivity index (χ4v) is 6.88. The number of hydrogen-bond donors (Lipinski definition) is 0. The van der Waals surface area contributed by atoms with Gasteiger partial charge >= 0.3 is 0 Å². The van der Waals surface area contributed by atoms with Crippen molar-refractivity contribution < 1.29 is 17.9 Å². The number of hydrogen-bond acceptors (Lipinski definition) is 6. The van der Waals surface area contributed by atoms with Crippen LogP contribution in [0, 0.1) is 5.92 Å². The lowest BCUT2D eigenvalue weighted by atomic mass is 9.82. The molecule has 0 bridgehead atoms. The SMILES string of the molecule is O=S1(=O)CCC(COCc2cccnc2)C12CN(C1CCOCC1)C2. The van der Waals surface area contributed by atoms with Gasteiger partial charge in [0.15, 0.2) is 9.84 Å². The van der Waals surface area contributed by atoms with Gasteiger partial charge in [-0.3, -0.25) is 9.88 Å². The van der Waals surface area contributed by atoms with Crippen LogP contribution in [0.15, 0.2) is 24.5 Å². The maximum Gasteiger partial charge on any atom is 0.158 e. The Kier molecular flexibility index (Phi) is 4.83. The Morgan fingerprint density at radius 3 is 2.80 bits per heavy atom. The van der Waals surface area contributed by atoms with Crippen molar-refractivity contribution in [2.45, 2.75) is 36.7 Å². The van der Waals surface area contributed by atoms with Crippen LogP contribution in [0.2, 0.25) is 0 Å². The molecule has 0 saturated carbocycles. The predicted molar refractivity (Wildman–Crippen MR) is 93.9 cm³/mol. The van der Waals surface area contributed by atoms with Crippen LogP contribution in [0.25, 0.3) is 0 Å². The lowest BCUT2D eigenvalue weighted by Gasteiger charge is -2.53. The molecule has 3 saturated heterocycles. The van der Waals surface area contributed by atoms with Crippen molar-refractivity contribution in [3.8, 4) is 0 Å². The van der Waals surface area contributed by atoms with Crippen LogP contribution < -0.4 is 0 Å². The zero-order chi connectivity index (χ0) is 17.3. The summed E-state index contributed by atoms with van der Waals surface area (Å²) in [5, 5.41) is 0. The van der Waals surface area contributed by atoms with Gasteiger partial charge in [-0.2, -0.15) is 0 Å². The number of rotatable bonds is 5. The van der Waals surface area contributed by atoms with Crippen molar-refractivity contribution in [2.75, 3.05) is 38.7 Å². The summed E-state index contributed by atoms with van der Waals surface area (Å²) in [6, 6.07) is 4.34. The lowest BCUT2D eigenvalue weighted by molar-refractivity contribution is -0.0318. The summed E-state index contributed by atoms with van der Waals surface area (Å²) < 4.78 is 36.1. The van der Waals surface area contributed by atoms with Gasteiger partial charge in [-0.05, 0) is 30.9 Å². The van der Waals surface area contributed by atoms with Crippen LogP contribution in [0.3, 0.4) is 0 Å². The summed E-state index contributed by atoms with van der Waals surface area (Å²) >= 11 is 0. The minimum absolute atomic E-state index is 0.102. The van der Waals surface area contributed by atoms with E-state index in [0.717, 1.165) is 38.0 Å². The van der Waals surface area contributed by atoms with E-state index in [0.29, 0.717) is 38.1 Å². The van der Waals surface area contributed by atoms with E-state index < -0.39 is 14.6 Å². The van der Waals surface area contributed by atoms with Gasteiger partial charge in [0.1, 0.15) is 4.75 Å². The van der Waals surface area contributed by atoms with Crippen molar-refractivity contribution in [2.24, 2.45) is 5.92 Å². The molecule has 3 aliphatic rings. The maximum atomic E-state index is 12.7. The number of ether oxygens (including phenoxy) is 2. The molecule has 1 unspecified atom stereocenters. The first kappa shape index (κ1) is 17.4. The van der Waals surface area contributed by atoms with Gasteiger partial charge in [-0.25, -0.2) is 8.42 Å². The number of aromatic nitrogens is 1. The molecule has 1 aromatic heterocycles. The first-order chi connectivity index (χ1) is 12.1. The molecule has 4 heterocycles. The van der Waals surface area contributed by atoms with Gasteiger partial charge in [0, 0.05) is 50.7 Å². The van der Waals surface area contributed by atoms with E-state index in [1.54, 1.807) is 12.4 Å². The van der Waals surface area contributed by atoms with Crippen molar-refractivity contribution >= 4 is 9.84 Å². The molecule has 1 atom stereocenters. The normalized spacial score (nSPS) is 28.9. The van der Waals surface area contributed by atoms with E-state index in [9.17, 15) is 8.42 Å². The van der Waals surface area contributed by atoms with E-state index in [-0.39, 0.29) is 5.92 Å². The maximum absolute atomic E-state index is 12.7. The number of sulfone groups is 1. The Balaban J connectivity index is 1.37. The second-order valence-electron chi connectivity index (χ2n) is 7.49. The lowest BCUT2D eigenvalue weighted by Crippen LogP contribution is -2.70. The highest BCUT2D eigenvalue weighted by Gasteiger charge is 2.62. The van der Waals surface area contributed by atoms with E-state index >= 15 is 0 Å². The van der Waals surface area contributed by atoms with Crippen LogP contribution in [-0.4, -0.2) is 67.8 Å². The fraction of sp³-hybridized carbons (Fsp3) is 0.722. The molecule has 1 aromatic rings. The third-order valence-corrected chi connectivity index (χ3v) is 8.66. The van der Waals surface area contributed by atoms with Crippen molar-refractivity contribution in [1.29, 1.82) is 0 Å². The molecule has 0 radical (unpaired) electrons. The number of nitrogens with zero attached hydrogens (tertiary/aromatic N) is 2. The Morgan fingerprint density at radius 2 is 2.08 bits per heavy atom. The Labute approximate surface area is 149 Å². The fourth-order valence-electron chi connectivity index (χ4n) is 4.46. The molecule has 0 aliphatic carbocycles. The van der Waals surface area contributed by atoms with Gasteiger partial charge < -0.3 is 9.47 Å². The van der Waals surface area contributed by atoms with Gasteiger partial charge in [0.25, 0.3) is 0 Å². The molecule has 3 aliphatic heterocycles. The average Bonchev–Trinajstić information content (AvgIpc) is 2.86. The van der Waals surface area contributed by atoms with Gasteiger partial charge in [-0.1, -0.05) is 6.07 Å². The average molecular weight is 366 g/mol. The highest BCUT2D eigenvalue weighted by atomic mass is 32.2. The highest BCUT2D eigenvalue weighted by molar-refractivity contribution is 7.93. The number of pyridine rings is 1. The monoisotopic (exact) mass is 366 g/mol. The van der Waals surface area contributed by atoms with Crippen LogP contribution in [-0.2, 0) is 25.9 Å². The molecule has 1 spiro atoms. The Hall–Kier alpha value is -1.02. The smallest absolute Gasteiger partial charge is 0.158 e. The topological polar surface area (TPSA) is 68.7 Å². The minimum atomic E-state index is -3.03. The summed E-state index contributed by atoms with van der Waals surface area (Å²) in [7, 11) is -3.03. The van der Waals surface area contributed by atoms with E-state index in [1.165, 1.54) is 0 Å². The molecule has 138 valence electrons. The summed E-state index contributed by atoms with van der Waals surface area (Å²) in [5.74, 6) is 0.403. The van der Waals surface area contributed by atoms with Crippen LogP contribution in [0.4, 0.5) is 0 Å². The summed E-state index contributed by atoms with van der Waals surface area (Å²) in [5.41, 5.74) is 1.02. The van der Waals surface area contributed by atoms with E-state index in [4.69, 9.17) is 9.47 Å². The first-order valence-corrected chi connectivity index (χ1v) is 10.8. The third kappa shape index (κ3) is 3.23. The van der Waals surface area contributed by atoms with Crippen molar-refractivity contribution in [1.82, 2.24) is 9.88 Å². The molecule has 0 amide bonds. The summed E-state index contributed by atoms with van der Waals surface area (Å²) in [4.78, 5) is 6.43. The summed E-state index contributed by atoms with van der Waals surface area (Å²) in [6.45, 7) is 3.92. The molecular formula is C18H26N2O4S. The molecule has 4 rings (SSSR count). The molecule has 7 heteroatoms. The van der Waals surface area contributed by atoms with E-state index in [2.05, 4.69) is 9.88 Å². The van der Waals surface area contributed by atoms with E-state index in [1.807, 2.05) is 12.1 Å².